The average Bonchev–Trinajstić information content (AvgIpc) is 2.69. The number of para-hydroxylation sites is 1. The second-order valence-corrected chi connectivity index (χ2v) is 5.57. The lowest BCUT2D eigenvalue weighted by Gasteiger charge is -2.31. The molecular formula is C16H18N2O2. The number of imide groups is 1. The summed E-state index contributed by atoms with van der Waals surface area (Å²) in [5.74, 6) is -0.567. The molecule has 2 amide bonds. The summed E-state index contributed by atoms with van der Waals surface area (Å²) in [5.41, 5.74) is 0.963. The van der Waals surface area contributed by atoms with Gasteiger partial charge in [-0.15, -0.1) is 0 Å². The van der Waals surface area contributed by atoms with E-state index in [0.717, 1.165) is 5.69 Å². The molecule has 1 aromatic rings. The number of hydrogen-bond acceptors (Lipinski definition) is 3. The van der Waals surface area contributed by atoms with Crippen LogP contribution in [0.1, 0.15) is 6.92 Å². The van der Waals surface area contributed by atoms with Gasteiger partial charge in [0.2, 0.25) is 11.8 Å². The van der Waals surface area contributed by atoms with Gasteiger partial charge >= 0.3 is 0 Å². The van der Waals surface area contributed by atoms with Crippen LogP contribution in [0.15, 0.2) is 42.5 Å². The van der Waals surface area contributed by atoms with Gasteiger partial charge < -0.3 is 5.32 Å². The van der Waals surface area contributed by atoms with Crippen LogP contribution >= 0.6 is 0 Å². The third-order valence-corrected chi connectivity index (χ3v) is 4.30. The third kappa shape index (κ3) is 1.92. The lowest BCUT2D eigenvalue weighted by Crippen LogP contribution is -2.40. The van der Waals surface area contributed by atoms with Gasteiger partial charge in [0.05, 0.1) is 17.9 Å². The Morgan fingerprint density at radius 3 is 2.35 bits per heavy atom. The number of rotatable bonds is 2. The number of nitrogens with zero attached hydrogens (tertiary/aromatic N) is 1. The van der Waals surface area contributed by atoms with Crippen molar-refractivity contribution in [2.24, 2.45) is 17.8 Å². The van der Waals surface area contributed by atoms with E-state index in [1.54, 1.807) is 7.05 Å². The molecule has 104 valence electrons. The van der Waals surface area contributed by atoms with Crippen molar-refractivity contribution in [3.8, 4) is 0 Å². The van der Waals surface area contributed by atoms with Gasteiger partial charge in [-0.05, 0) is 18.1 Å². The first-order chi connectivity index (χ1) is 9.59. The number of hydrogen-bond donors (Lipinski definition) is 1. The minimum Gasteiger partial charge on any atom is -0.378 e. The summed E-state index contributed by atoms with van der Waals surface area (Å²) in [4.78, 5) is 25.8. The maximum atomic E-state index is 12.3. The predicted octanol–water partition coefficient (Wildman–Crippen LogP) is 1.90. The number of benzene rings is 1. The van der Waals surface area contributed by atoms with Crippen molar-refractivity contribution in [2.45, 2.75) is 13.0 Å². The van der Waals surface area contributed by atoms with Crippen LogP contribution in [-0.4, -0.2) is 29.8 Å². The van der Waals surface area contributed by atoms with E-state index < -0.39 is 0 Å². The highest BCUT2D eigenvalue weighted by Crippen LogP contribution is 2.38. The monoisotopic (exact) mass is 270 g/mol. The summed E-state index contributed by atoms with van der Waals surface area (Å²) < 4.78 is 0. The molecule has 1 heterocycles. The van der Waals surface area contributed by atoms with E-state index in [-0.39, 0.29) is 35.6 Å². The molecule has 0 saturated carbocycles. The van der Waals surface area contributed by atoms with E-state index in [1.165, 1.54) is 4.90 Å². The van der Waals surface area contributed by atoms with Crippen molar-refractivity contribution in [3.63, 3.8) is 0 Å². The van der Waals surface area contributed by atoms with E-state index in [0.29, 0.717) is 0 Å². The highest BCUT2D eigenvalue weighted by molar-refractivity contribution is 6.06. The maximum Gasteiger partial charge on any atom is 0.235 e. The molecule has 0 aromatic heterocycles. The van der Waals surface area contributed by atoms with Gasteiger partial charge in [0.15, 0.2) is 0 Å². The van der Waals surface area contributed by atoms with E-state index in [4.69, 9.17) is 0 Å². The molecule has 3 rings (SSSR count). The fourth-order valence-corrected chi connectivity index (χ4v) is 3.19. The van der Waals surface area contributed by atoms with Crippen molar-refractivity contribution in [1.82, 2.24) is 4.90 Å². The van der Waals surface area contributed by atoms with Crippen molar-refractivity contribution in [3.05, 3.63) is 42.5 Å². The van der Waals surface area contributed by atoms with Crippen molar-refractivity contribution < 1.29 is 9.59 Å². The van der Waals surface area contributed by atoms with Gasteiger partial charge in [-0.2, -0.15) is 0 Å². The molecule has 4 atom stereocenters. The normalized spacial score (nSPS) is 32.4. The topological polar surface area (TPSA) is 49.4 Å². The van der Waals surface area contributed by atoms with Gasteiger partial charge in [0.25, 0.3) is 0 Å². The summed E-state index contributed by atoms with van der Waals surface area (Å²) in [6, 6.07) is 9.65. The summed E-state index contributed by atoms with van der Waals surface area (Å²) in [6.07, 6.45) is 4.05. The molecule has 1 fully saturated rings. The number of amides is 2. The first-order valence-electron chi connectivity index (χ1n) is 6.91. The molecule has 1 aliphatic carbocycles. The Labute approximate surface area is 118 Å². The Morgan fingerprint density at radius 2 is 1.65 bits per heavy atom. The number of anilines is 1. The number of nitrogens with one attached hydrogen (secondary N) is 1. The maximum absolute atomic E-state index is 12.3. The minimum atomic E-state index is -0.298. The number of carbonyl (C=O) groups is 2. The molecule has 4 heteroatoms. The SMILES string of the molecule is C[C@H]1C=C[C@@H](Nc2ccccc2)[C@H]2C(=O)N(C)C(=O)[C@H]21. The fraction of sp³-hybridized carbons (Fsp3) is 0.375. The Morgan fingerprint density at radius 1 is 1.00 bits per heavy atom. The van der Waals surface area contributed by atoms with Crippen LogP contribution in [0.5, 0.6) is 0 Å². The van der Waals surface area contributed by atoms with Crippen molar-refractivity contribution in [1.29, 1.82) is 0 Å². The van der Waals surface area contributed by atoms with Gasteiger partial charge in [0, 0.05) is 12.7 Å². The second-order valence-electron chi connectivity index (χ2n) is 5.57. The smallest absolute Gasteiger partial charge is 0.235 e. The summed E-state index contributed by atoms with van der Waals surface area (Å²) in [7, 11) is 1.58. The number of fused-ring (bicyclic) bond motifs is 1. The number of likely N-dealkylation sites (tertiary alicyclic amines) is 1. The van der Waals surface area contributed by atoms with Crippen LogP contribution in [0.2, 0.25) is 0 Å². The van der Waals surface area contributed by atoms with Crippen molar-refractivity contribution in [2.75, 3.05) is 12.4 Å². The van der Waals surface area contributed by atoms with Crippen LogP contribution in [0, 0.1) is 17.8 Å². The first-order valence-corrected chi connectivity index (χ1v) is 6.91. The van der Waals surface area contributed by atoms with E-state index in [1.807, 2.05) is 49.4 Å². The molecule has 0 spiro atoms. The van der Waals surface area contributed by atoms with Crippen LogP contribution in [-0.2, 0) is 9.59 Å². The molecular weight excluding hydrogens is 252 g/mol. The zero-order chi connectivity index (χ0) is 14.3. The van der Waals surface area contributed by atoms with Crippen molar-refractivity contribution >= 4 is 17.5 Å². The molecule has 0 radical (unpaired) electrons. The minimum absolute atomic E-state index is 0.0586. The molecule has 20 heavy (non-hydrogen) atoms. The Kier molecular flexibility index (Phi) is 3.08. The second kappa shape index (κ2) is 4.78. The van der Waals surface area contributed by atoms with Crippen LogP contribution in [0.25, 0.3) is 0 Å². The Balaban J connectivity index is 1.90. The Hall–Kier alpha value is -2.10. The van der Waals surface area contributed by atoms with Gasteiger partial charge in [-0.3, -0.25) is 14.5 Å². The standard InChI is InChI=1S/C16H18N2O2/c1-10-8-9-12(17-11-6-4-3-5-7-11)14-13(10)15(19)18(2)16(14)20/h3-10,12-14,17H,1-2H3/t10-,12+,13-,14+/m0/s1. The Bertz CT molecular complexity index is 567. The van der Waals surface area contributed by atoms with Crippen LogP contribution in [0.4, 0.5) is 5.69 Å². The number of carbonyl (C=O) groups excluding carboxylic acids is 2. The number of allylic oxidation sites excluding steroid dienone is 1. The molecule has 0 bridgehead atoms. The third-order valence-electron chi connectivity index (χ3n) is 4.30. The summed E-state index contributed by atoms with van der Waals surface area (Å²) >= 11 is 0. The quantitative estimate of drug-likeness (QED) is 0.659. The lowest BCUT2D eigenvalue weighted by atomic mass is 9.75. The fourth-order valence-electron chi connectivity index (χ4n) is 3.19. The van der Waals surface area contributed by atoms with Gasteiger partial charge in [0.1, 0.15) is 0 Å². The molecule has 4 nitrogen and oxygen atoms in total. The van der Waals surface area contributed by atoms with E-state index >= 15 is 0 Å². The summed E-state index contributed by atoms with van der Waals surface area (Å²) in [5, 5.41) is 3.36. The van der Waals surface area contributed by atoms with Crippen LogP contribution in [0.3, 0.4) is 0 Å². The predicted molar refractivity (Wildman–Crippen MR) is 76.9 cm³/mol. The van der Waals surface area contributed by atoms with Gasteiger partial charge in [-0.25, -0.2) is 0 Å². The highest BCUT2D eigenvalue weighted by Gasteiger charge is 2.52. The zero-order valence-corrected chi connectivity index (χ0v) is 11.6. The molecule has 1 aromatic carbocycles. The molecule has 2 aliphatic rings. The molecule has 1 aliphatic heterocycles. The summed E-state index contributed by atoms with van der Waals surface area (Å²) in [6.45, 7) is 2.00. The molecule has 1 saturated heterocycles. The lowest BCUT2D eigenvalue weighted by molar-refractivity contribution is -0.138. The highest BCUT2D eigenvalue weighted by atomic mass is 16.2. The van der Waals surface area contributed by atoms with Crippen LogP contribution < -0.4 is 5.32 Å². The molecule has 1 N–H and O–H groups in total. The zero-order valence-electron chi connectivity index (χ0n) is 11.6. The molecule has 0 unspecified atom stereocenters. The van der Waals surface area contributed by atoms with Gasteiger partial charge in [-0.1, -0.05) is 37.3 Å². The largest absolute Gasteiger partial charge is 0.378 e. The first kappa shape index (κ1) is 12.9. The van der Waals surface area contributed by atoms with E-state index in [2.05, 4.69) is 5.32 Å². The van der Waals surface area contributed by atoms with E-state index in [9.17, 15) is 9.59 Å². The average molecular weight is 270 g/mol.